The smallest absolute Gasteiger partial charge is 0.229 e. The van der Waals surface area contributed by atoms with E-state index in [9.17, 15) is 8.42 Å². The third-order valence-electron chi connectivity index (χ3n) is 4.51. The van der Waals surface area contributed by atoms with Crippen LogP contribution in [0.15, 0.2) is 42.5 Å². The summed E-state index contributed by atoms with van der Waals surface area (Å²) in [5.74, 6) is 1.52. The van der Waals surface area contributed by atoms with Gasteiger partial charge in [-0.15, -0.1) is 0 Å². The molecule has 0 fully saturated rings. The van der Waals surface area contributed by atoms with Crippen LogP contribution in [-0.2, 0) is 23.1 Å². The Morgan fingerprint density at radius 1 is 1.15 bits per heavy atom. The summed E-state index contributed by atoms with van der Waals surface area (Å²) in [6.45, 7) is 2.38. The van der Waals surface area contributed by atoms with Crippen molar-refractivity contribution >= 4 is 32.4 Å². The van der Waals surface area contributed by atoms with Gasteiger partial charge in [-0.1, -0.05) is 12.1 Å². The Morgan fingerprint density at radius 3 is 2.73 bits per heavy atom. The molecule has 136 valence electrons. The number of imidazole rings is 1. The molecule has 0 atom stereocenters. The Morgan fingerprint density at radius 2 is 1.96 bits per heavy atom. The second-order valence-corrected chi connectivity index (χ2v) is 8.10. The molecule has 1 aliphatic heterocycles. The maximum absolute atomic E-state index is 11.5. The molecule has 0 radical (unpaired) electrons. The lowest BCUT2D eigenvalue weighted by Gasteiger charge is -2.30. The Balaban J connectivity index is 1.64. The van der Waals surface area contributed by atoms with E-state index in [2.05, 4.69) is 20.3 Å². The van der Waals surface area contributed by atoms with Gasteiger partial charge in [0.15, 0.2) is 0 Å². The van der Waals surface area contributed by atoms with Crippen molar-refractivity contribution in [3.8, 4) is 5.75 Å². The van der Waals surface area contributed by atoms with E-state index >= 15 is 0 Å². The molecule has 1 aromatic heterocycles. The Labute approximate surface area is 152 Å². The van der Waals surface area contributed by atoms with Gasteiger partial charge in [-0.2, -0.15) is 0 Å². The first kappa shape index (κ1) is 16.7. The summed E-state index contributed by atoms with van der Waals surface area (Å²) in [6.07, 6.45) is 1.12. The fourth-order valence-corrected chi connectivity index (χ4v) is 3.92. The second kappa shape index (κ2) is 6.21. The number of nitrogens with one attached hydrogen (secondary N) is 1. The van der Waals surface area contributed by atoms with Crippen LogP contribution in [-0.4, -0.2) is 37.9 Å². The van der Waals surface area contributed by atoms with Gasteiger partial charge < -0.3 is 14.2 Å². The predicted octanol–water partition coefficient (Wildman–Crippen LogP) is 2.44. The van der Waals surface area contributed by atoms with Crippen molar-refractivity contribution in [2.75, 3.05) is 29.5 Å². The first-order valence-electron chi connectivity index (χ1n) is 8.29. The quantitative estimate of drug-likeness (QED) is 0.761. The van der Waals surface area contributed by atoms with Gasteiger partial charge in [0, 0.05) is 24.8 Å². The minimum Gasteiger partial charge on any atom is -0.494 e. The summed E-state index contributed by atoms with van der Waals surface area (Å²) in [7, 11) is -1.83. The molecule has 8 heteroatoms. The van der Waals surface area contributed by atoms with Gasteiger partial charge in [0.1, 0.15) is 11.6 Å². The van der Waals surface area contributed by atoms with Crippen molar-refractivity contribution in [2.45, 2.75) is 13.1 Å². The molecule has 26 heavy (non-hydrogen) atoms. The van der Waals surface area contributed by atoms with E-state index in [0.29, 0.717) is 18.0 Å². The van der Waals surface area contributed by atoms with Gasteiger partial charge in [-0.25, -0.2) is 13.4 Å². The minimum absolute atomic E-state index is 0.433. The average molecular weight is 372 g/mol. The highest BCUT2D eigenvalue weighted by atomic mass is 32.2. The van der Waals surface area contributed by atoms with Crippen LogP contribution in [0.3, 0.4) is 0 Å². The highest BCUT2D eigenvalue weighted by Gasteiger charge is 2.21. The van der Waals surface area contributed by atoms with Crippen LogP contribution in [0.2, 0.25) is 0 Å². The van der Waals surface area contributed by atoms with Gasteiger partial charge in [0.25, 0.3) is 0 Å². The number of aromatic nitrogens is 2. The predicted molar refractivity (Wildman–Crippen MR) is 102 cm³/mol. The summed E-state index contributed by atoms with van der Waals surface area (Å²) in [6, 6.07) is 13.6. The maximum atomic E-state index is 11.5. The highest BCUT2D eigenvalue weighted by Crippen LogP contribution is 2.32. The molecule has 1 aliphatic rings. The number of fused-ring (bicyclic) bond motifs is 3. The van der Waals surface area contributed by atoms with Crippen molar-refractivity contribution in [1.82, 2.24) is 9.55 Å². The van der Waals surface area contributed by atoms with E-state index in [1.165, 1.54) is 7.11 Å². The first-order chi connectivity index (χ1) is 12.4. The number of rotatable bonds is 4. The van der Waals surface area contributed by atoms with Crippen molar-refractivity contribution in [1.29, 1.82) is 0 Å². The van der Waals surface area contributed by atoms with Gasteiger partial charge in [-0.05, 0) is 24.3 Å². The van der Waals surface area contributed by atoms with Crippen molar-refractivity contribution in [2.24, 2.45) is 0 Å². The molecule has 2 aromatic carbocycles. The van der Waals surface area contributed by atoms with E-state index in [-0.39, 0.29) is 0 Å². The molecule has 4 rings (SSSR count). The van der Waals surface area contributed by atoms with Gasteiger partial charge in [-0.3, -0.25) is 4.72 Å². The molecular formula is C18H20N4O3S. The van der Waals surface area contributed by atoms with Crippen LogP contribution >= 0.6 is 0 Å². The number of anilines is 2. The molecule has 2 heterocycles. The molecule has 0 amide bonds. The average Bonchev–Trinajstić information content (AvgIpc) is 2.98. The monoisotopic (exact) mass is 372 g/mol. The fourth-order valence-electron chi connectivity index (χ4n) is 3.35. The van der Waals surface area contributed by atoms with E-state index < -0.39 is 10.0 Å². The summed E-state index contributed by atoms with van der Waals surface area (Å²) >= 11 is 0. The molecule has 0 saturated heterocycles. The van der Waals surface area contributed by atoms with E-state index in [4.69, 9.17) is 9.72 Å². The summed E-state index contributed by atoms with van der Waals surface area (Å²) in [5.41, 5.74) is 3.57. The molecule has 1 N–H and O–H groups in total. The molecule has 0 saturated carbocycles. The van der Waals surface area contributed by atoms with Crippen LogP contribution in [0, 0.1) is 0 Å². The number of hydrogen-bond acceptors (Lipinski definition) is 5. The zero-order valence-electron chi connectivity index (χ0n) is 14.6. The lowest BCUT2D eigenvalue weighted by molar-refractivity contribution is 0.416. The number of ether oxygens (including phenoxy) is 1. The number of para-hydroxylation sites is 2. The largest absolute Gasteiger partial charge is 0.494 e. The first-order valence-corrected chi connectivity index (χ1v) is 10.2. The third kappa shape index (κ3) is 3.08. The zero-order chi connectivity index (χ0) is 18.3. The van der Waals surface area contributed by atoms with Crippen LogP contribution in [0.25, 0.3) is 11.0 Å². The molecule has 0 spiro atoms. The van der Waals surface area contributed by atoms with Gasteiger partial charge in [0.2, 0.25) is 10.0 Å². The topological polar surface area (TPSA) is 76.5 Å². The number of nitrogens with zero attached hydrogens (tertiary/aromatic N) is 3. The molecular weight excluding hydrogens is 352 g/mol. The summed E-state index contributed by atoms with van der Waals surface area (Å²) in [5, 5.41) is 0. The van der Waals surface area contributed by atoms with Crippen molar-refractivity contribution < 1.29 is 13.2 Å². The molecule has 3 aromatic rings. The molecule has 0 aliphatic carbocycles. The van der Waals surface area contributed by atoms with E-state index in [1.807, 2.05) is 30.3 Å². The summed E-state index contributed by atoms with van der Waals surface area (Å²) in [4.78, 5) is 6.95. The van der Waals surface area contributed by atoms with Crippen molar-refractivity contribution in [3.05, 3.63) is 48.3 Å². The number of sulfonamides is 1. The molecule has 7 nitrogen and oxygen atoms in total. The van der Waals surface area contributed by atoms with Crippen molar-refractivity contribution in [3.63, 3.8) is 0 Å². The minimum atomic E-state index is -3.36. The number of benzene rings is 2. The number of methoxy groups -OCH3 is 1. The third-order valence-corrected chi connectivity index (χ3v) is 5.10. The standard InChI is InChI=1S/C18H20N4O3S/c1-25-17-11-13(7-8-15(17)20-26(2,23)24)21-9-10-22-16-6-4-3-5-14(16)19-18(22)12-21/h3-8,11,20H,9-10,12H2,1-2H3. The van der Waals surface area contributed by atoms with Gasteiger partial charge in [0.05, 0.1) is 36.6 Å². The van der Waals surface area contributed by atoms with Crippen LogP contribution < -0.4 is 14.4 Å². The molecule has 0 bridgehead atoms. The zero-order valence-corrected chi connectivity index (χ0v) is 15.5. The highest BCUT2D eigenvalue weighted by molar-refractivity contribution is 7.92. The van der Waals surface area contributed by atoms with Crippen LogP contribution in [0.4, 0.5) is 11.4 Å². The Bertz CT molecular complexity index is 1080. The Hall–Kier alpha value is -2.74. The van der Waals surface area contributed by atoms with Crippen LogP contribution in [0.5, 0.6) is 5.75 Å². The Kier molecular flexibility index (Phi) is 3.99. The normalized spacial score (nSPS) is 14.3. The van der Waals surface area contributed by atoms with Crippen LogP contribution in [0.1, 0.15) is 5.82 Å². The SMILES string of the molecule is COc1cc(N2CCn3c(nc4ccccc43)C2)ccc1NS(C)(=O)=O. The second-order valence-electron chi connectivity index (χ2n) is 6.35. The van der Waals surface area contributed by atoms with Gasteiger partial charge >= 0.3 is 0 Å². The molecule has 0 unspecified atom stereocenters. The van der Waals surface area contributed by atoms with E-state index in [1.54, 1.807) is 6.07 Å². The van der Waals surface area contributed by atoms with E-state index in [0.717, 1.165) is 41.9 Å². The number of hydrogen-bond donors (Lipinski definition) is 1. The maximum Gasteiger partial charge on any atom is 0.229 e. The lowest BCUT2D eigenvalue weighted by Crippen LogP contribution is -2.33. The fraction of sp³-hybridized carbons (Fsp3) is 0.278. The summed E-state index contributed by atoms with van der Waals surface area (Å²) < 4.78 is 33.1. The lowest BCUT2D eigenvalue weighted by atomic mass is 10.2.